The molecule has 0 spiro atoms. The van der Waals surface area contributed by atoms with Crippen molar-refractivity contribution in [3.8, 4) is 0 Å². The molecule has 0 aliphatic rings. The van der Waals surface area contributed by atoms with E-state index in [9.17, 15) is 4.79 Å². The van der Waals surface area contributed by atoms with Crippen LogP contribution in [0.1, 0.15) is 34.0 Å². The van der Waals surface area contributed by atoms with Gasteiger partial charge in [0.25, 0.3) is 0 Å². The van der Waals surface area contributed by atoms with Crippen LogP contribution in [0.2, 0.25) is 0 Å². The Balaban J connectivity index is 1.93. The Hall–Kier alpha value is -1.79. The van der Waals surface area contributed by atoms with E-state index in [1.807, 2.05) is 19.1 Å². The van der Waals surface area contributed by atoms with Crippen LogP contribution in [0.5, 0.6) is 0 Å². The van der Waals surface area contributed by atoms with Crippen LogP contribution in [-0.2, 0) is 6.54 Å². The van der Waals surface area contributed by atoms with Gasteiger partial charge in [0, 0.05) is 30.4 Å². The number of nitrogens with one attached hydrogen (secondary N) is 1. The molecule has 0 aromatic carbocycles. The van der Waals surface area contributed by atoms with E-state index in [0.717, 1.165) is 22.6 Å². The van der Waals surface area contributed by atoms with Crippen molar-refractivity contribution in [1.29, 1.82) is 0 Å². The summed E-state index contributed by atoms with van der Waals surface area (Å²) < 4.78 is 0. The highest BCUT2D eigenvalue weighted by Gasteiger charge is 2.10. The van der Waals surface area contributed by atoms with Gasteiger partial charge in [0.2, 0.25) is 5.01 Å². The molecule has 0 bridgehead atoms. The summed E-state index contributed by atoms with van der Waals surface area (Å²) in [6.45, 7) is 2.59. The Morgan fingerprint density at radius 1 is 1.50 bits per heavy atom. The van der Waals surface area contributed by atoms with E-state index < -0.39 is 5.97 Å². The maximum atomic E-state index is 10.7. The van der Waals surface area contributed by atoms with Crippen LogP contribution in [0.4, 0.5) is 0 Å². The topological polar surface area (TPSA) is 75.1 Å². The molecule has 0 unspecified atom stereocenters. The molecular weight excluding hydrogens is 250 g/mol. The minimum atomic E-state index is -0.978. The molecule has 0 saturated heterocycles. The molecular formula is C12H13N3O2S. The van der Waals surface area contributed by atoms with Crippen LogP contribution in [0, 0.1) is 0 Å². The number of hydrogen-bond donors (Lipinski definition) is 2. The van der Waals surface area contributed by atoms with Gasteiger partial charge in [-0.25, -0.2) is 9.78 Å². The number of carboxylic acids is 1. The van der Waals surface area contributed by atoms with Crippen molar-refractivity contribution in [3.05, 3.63) is 46.2 Å². The number of carboxylic acid groups (broad SMARTS) is 1. The van der Waals surface area contributed by atoms with Crippen molar-refractivity contribution < 1.29 is 9.90 Å². The average Bonchev–Trinajstić information content (AvgIpc) is 2.86. The van der Waals surface area contributed by atoms with E-state index >= 15 is 0 Å². The number of aromatic carboxylic acids is 1. The minimum absolute atomic E-state index is 0.128. The predicted octanol–water partition coefficient (Wildman–Crippen LogP) is 2.09. The largest absolute Gasteiger partial charge is 0.476 e. The summed E-state index contributed by atoms with van der Waals surface area (Å²) in [6.07, 6.45) is 3.50. The summed E-state index contributed by atoms with van der Waals surface area (Å²) in [5, 5.41) is 14.0. The quantitative estimate of drug-likeness (QED) is 0.864. The van der Waals surface area contributed by atoms with Crippen LogP contribution >= 0.6 is 11.3 Å². The van der Waals surface area contributed by atoms with Crippen LogP contribution in [0.25, 0.3) is 0 Å². The monoisotopic (exact) mass is 263 g/mol. The predicted molar refractivity (Wildman–Crippen MR) is 68.6 cm³/mol. The van der Waals surface area contributed by atoms with Crippen molar-refractivity contribution >= 4 is 17.3 Å². The first-order chi connectivity index (χ1) is 8.66. The van der Waals surface area contributed by atoms with Gasteiger partial charge in [-0.05, 0) is 24.6 Å². The summed E-state index contributed by atoms with van der Waals surface area (Å²) >= 11 is 1.14. The van der Waals surface area contributed by atoms with Gasteiger partial charge in [-0.3, -0.25) is 4.98 Å². The average molecular weight is 263 g/mol. The first kappa shape index (κ1) is 12.7. The fourth-order valence-electron chi connectivity index (χ4n) is 1.51. The molecule has 2 N–H and O–H groups in total. The maximum Gasteiger partial charge on any atom is 0.365 e. The number of nitrogens with zero attached hydrogens (tertiary/aromatic N) is 2. The van der Waals surface area contributed by atoms with Gasteiger partial charge in [-0.2, -0.15) is 0 Å². The van der Waals surface area contributed by atoms with Crippen LogP contribution in [0.3, 0.4) is 0 Å². The standard InChI is InChI=1S/C12H13N3O2S/c1-8(9-2-4-13-5-3-9)14-6-10-7-18-11(15-10)12(16)17/h2-5,7-8,14H,6H2,1H3,(H,16,17)/t8-/m0/s1. The van der Waals surface area contributed by atoms with Gasteiger partial charge in [-0.15, -0.1) is 11.3 Å². The smallest absolute Gasteiger partial charge is 0.365 e. The van der Waals surface area contributed by atoms with Gasteiger partial charge in [0.1, 0.15) is 0 Å². The normalized spacial score (nSPS) is 12.3. The fraction of sp³-hybridized carbons (Fsp3) is 0.250. The lowest BCUT2D eigenvalue weighted by Gasteiger charge is -2.12. The number of pyridine rings is 1. The SMILES string of the molecule is C[C@H](NCc1csc(C(=O)O)n1)c1ccncc1. The van der Waals surface area contributed by atoms with Crippen molar-refractivity contribution in [1.82, 2.24) is 15.3 Å². The van der Waals surface area contributed by atoms with Gasteiger partial charge in [0.15, 0.2) is 0 Å². The van der Waals surface area contributed by atoms with Crippen molar-refractivity contribution in [2.75, 3.05) is 0 Å². The lowest BCUT2D eigenvalue weighted by atomic mass is 10.1. The summed E-state index contributed by atoms with van der Waals surface area (Å²) in [5.74, 6) is -0.978. The first-order valence-corrected chi connectivity index (χ1v) is 6.36. The molecule has 0 saturated carbocycles. The van der Waals surface area contributed by atoms with E-state index in [0.29, 0.717) is 6.54 Å². The number of rotatable bonds is 5. The Morgan fingerprint density at radius 2 is 2.22 bits per heavy atom. The molecule has 6 heteroatoms. The number of hydrogen-bond acceptors (Lipinski definition) is 5. The zero-order valence-corrected chi connectivity index (χ0v) is 10.6. The Labute approximate surface area is 109 Å². The highest BCUT2D eigenvalue weighted by molar-refractivity contribution is 7.11. The molecule has 0 fully saturated rings. The second-order valence-electron chi connectivity index (χ2n) is 3.83. The second-order valence-corrected chi connectivity index (χ2v) is 4.69. The van der Waals surface area contributed by atoms with Gasteiger partial charge in [0.05, 0.1) is 5.69 Å². The van der Waals surface area contributed by atoms with Gasteiger partial charge >= 0.3 is 5.97 Å². The van der Waals surface area contributed by atoms with E-state index in [1.54, 1.807) is 17.8 Å². The number of thiazole rings is 1. The lowest BCUT2D eigenvalue weighted by Crippen LogP contribution is -2.18. The van der Waals surface area contributed by atoms with E-state index in [4.69, 9.17) is 5.11 Å². The van der Waals surface area contributed by atoms with Gasteiger partial charge < -0.3 is 10.4 Å². The van der Waals surface area contributed by atoms with Crippen LogP contribution in [-0.4, -0.2) is 21.0 Å². The van der Waals surface area contributed by atoms with Crippen molar-refractivity contribution in [2.24, 2.45) is 0 Å². The fourth-order valence-corrected chi connectivity index (χ4v) is 2.17. The summed E-state index contributed by atoms with van der Waals surface area (Å²) in [5.41, 5.74) is 1.89. The molecule has 2 aromatic rings. The maximum absolute atomic E-state index is 10.7. The lowest BCUT2D eigenvalue weighted by molar-refractivity contribution is 0.0696. The Bertz CT molecular complexity index is 527. The van der Waals surface area contributed by atoms with Crippen LogP contribution < -0.4 is 5.32 Å². The molecule has 94 valence electrons. The van der Waals surface area contributed by atoms with Crippen molar-refractivity contribution in [2.45, 2.75) is 19.5 Å². The third-order valence-electron chi connectivity index (χ3n) is 2.53. The zero-order valence-electron chi connectivity index (χ0n) is 9.83. The highest BCUT2D eigenvalue weighted by atomic mass is 32.1. The number of carbonyl (C=O) groups is 1. The summed E-state index contributed by atoms with van der Waals surface area (Å²) in [6, 6.07) is 4.06. The molecule has 0 amide bonds. The third kappa shape index (κ3) is 3.12. The molecule has 18 heavy (non-hydrogen) atoms. The first-order valence-electron chi connectivity index (χ1n) is 5.48. The molecule has 1 atom stereocenters. The number of aromatic nitrogens is 2. The molecule has 5 nitrogen and oxygen atoms in total. The van der Waals surface area contributed by atoms with Gasteiger partial charge in [-0.1, -0.05) is 0 Å². The summed E-state index contributed by atoms with van der Waals surface area (Å²) in [4.78, 5) is 18.7. The highest BCUT2D eigenvalue weighted by Crippen LogP contribution is 2.13. The summed E-state index contributed by atoms with van der Waals surface area (Å²) in [7, 11) is 0. The second kappa shape index (κ2) is 5.70. The third-order valence-corrected chi connectivity index (χ3v) is 3.41. The molecule has 0 radical (unpaired) electrons. The molecule has 2 aromatic heterocycles. The van der Waals surface area contributed by atoms with E-state index in [1.165, 1.54) is 0 Å². The van der Waals surface area contributed by atoms with E-state index in [2.05, 4.69) is 15.3 Å². The zero-order chi connectivity index (χ0) is 13.0. The molecule has 2 rings (SSSR count). The molecule has 0 aliphatic carbocycles. The van der Waals surface area contributed by atoms with E-state index in [-0.39, 0.29) is 11.0 Å². The Kier molecular flexibility index (Phi) is 4.01. The van der Waals surface area contributed by atoms with Crippen LogP contribution in [0.15, 0.2) is 29.9 Å². The van der Waals surface area contributed by atoms with Crippen molar-refractivity contribution in [3.63, 3.8) is 0 Å². The molecule has 2 heterocycles. The molecule has 0 aliphatic heterocycles. The Morgan fingerprint density at radius 3 is 2.83 bits per heavy atom. The minimum Gasteiger partial charge on any atom is -0.476 e.